The van der Waals surface area contributed by atoms with E-state index in [-0.39, 0.29) is 6.17 Å². The van der Waals surface area contributed by atoms with Gasteiger partial charge in [-0.2, -0.15) is 0 Å². The Morgan fingerprint density at radius 1 is 1.33 bits per heavy atom. The van der Waals surface area contributed by atoms with Gasteiger partial charge in [0, 0.05) is 12.5 Å². The molecule has 1 aliphatic heterocycles. The fourth-order valence-electron chi connectivity index (χ4n) is 2.55. The highest BCUT2D eigenvalue weighted by atomic mass is 32.2. The highest BCUT2D eigenvalue weighted by molar-refractivity contribution is 8.05. The Morgan fingerprint density at radius 2 is 2.10 bits per heavy atom. The van der Waals surface area contributed by atoms with E-state index in [1.165, 1.54) is 22.6 Å². The summed E-state index contributed by atoms with van der Waals surface area (Å²) in [6.45, 7) is 5.25. The van der Waals surface area contributed by atoms with Crippen LogP contribution in [0, 0.1) is 5.92 Å². The molecule has 0 saturated heterocycles. The SMILES string of the molecule is COc1ccc(CNC(C)NC2=C3CC3C(C)=CS2)cc1. The molecule has 1 aromatic carbocycles. The largest absolute Gasteiger partial charge is 0.497 e. The second-order valence-electron chi connectivity index (χ2n) is 5.69. The maximum absolute atomic E-state index is 5.17. The monoisotopic (exact) mass is 302 g/mol. The lowest BCUT2D eigenvalue weighted by Crippen LogP contribution is -2.38. The van der Waals surface area contributed by atoms with Crippen molar-refractivity contribution in [2.75, 3.05) is 7.11 Å². The number of allylic oxidation sites excluding steroid dienone is 2. The van der Waals surface area contributed by atoms with Crippen molar-refractivity contribution in [1.82, 2.24) is 10.6 Å². The maximum Gasteiger partial charge on any atom is 0.118 e. The molecule has 0 aromatic heterocycles. The normalized spacial score (nSPS) is 21.5. The van der Waals surface area contributed by atoms with Crippen molar-refractivity contribution in [2.45, 2.75) is 33.0 Å². The first-order valence-electron chi connectivity index (χ1n) is 7.36. The third kappa shape index (κ3) is 3.44. The molecule has 1 saturated carbocycles. The smallest absolute Gasteiger partial charge is 0.118 e. The minimum Gasteiger partial charge on any atom is -0.497 e. The number of thioether (sulfide) groups is 1. The molecular formula is C17H22N2OS. The van der Waals surface area contributed by atoms with Crippen molar-refractivity contribution in [1.29, 1.82) is 0 Å². The van der Waals surface area contributed by atoms with Crippen LogP contribution >= 0.6 is 11.8 Å². The van der Waals surface area contributed by atoms with Gasteiger partial charge >= 0.3 is 0 Å². The van der Waals surface area contributed by atoms with Gasteiger partial charge in [0.1, 0.15) is 5.75 Å². The van der Waals surface area contributed by atoms with Gasteiger partial charge in [0.15, 0.2) is 0 Å². The van der Waals surface area contributed by atoms with Crippen LogP contribution in [-0.4, -0.2) is 13.3 Å². The summed E-state index contributed by atoms with van der Waals surface area (Å²) < 4.78 is 5.17. The van der Waals surface area contributed by atoms with Crippen LogP contribution in [0.2, 0.25) is 0 Å². The number of hydrogen-bond donors (Lipinski definition) is 2. The Labute approximate surface area is 130 Å². The molecule has 0 spiro atoms. The summed E-state index contributed by atoms with van der Waals surface area (Å²) in [4.78, 5) is 0. The van der Waals surface area contributed by atoms with E-state index in [1.54, 1.807) is 12.7 Å². The Morgan fingerprint density at radius 3 is 2.81 bits per heavy atom. The van der Waals surface area contributed by atoms with Gasteiger partial charge in [-0.15, -0.1) is 0 Å². The van der Waals surface area contributed by atoms with E-state index in [0.717, 1.165) is 18.2 Å². The van der Waals surface area contributed by atoms with Crippen LogP contribution in [0.1, 0.15) is 25.8 Å². The van der Waals surface area contributed by atoms with Gasteiger partial charge in [-0.25, -0.2) is 0 Å². The highest BCUT2D eigenvalue weighted by Gasteiger charge is 2.37. The van der Waals surface area contributed by atoms with E-state index in [9.17, 15) is 0 Å². The number of hydrogen-bond acceptors (Lipinski definition) is 4. The summed E-state index contributed by atoms with van der Waals surface area (Å²) in [6.07, 6.45) is 1.50. The Bertz CT molecular complexity index is 577. The first-order chi connectivity index (χ1) is 10.2. The number of ether oxygens (including phenoxy) is 1. The molecule has 2 unspecified atom stereocenters. The van der Waals surface area contributed by atoms with Crippen LogP contribution < -0.4 is 15.4 Å². The fourth-order valence-corrected chi connectivity index (χ4v) is 3.64. The molecule has 2 aliphatic rings. The molecule has 2 N–H and O–H groups in total. The van der Waals surface area contributed by atoms with Gasteiger partial charge in [0.05, 0.1) is 18.3 Å². The van der Waals surface area contributed by atoms with Gasteiger partial charge in [-0.3, -0.25) is 5.32 Å². The van der Waals surface area contributed by atoms with Crippen LogP contribution in [-0.2, 0) is 6.54 Å². The van der Waals surface area contributed by atoms with Crippen molar-refractivity contribution in [3.8, 4) is 5.75 Å². The second-order valence-corrected chi connectivity index (χ2v) is 6.57. The molecule has 1 aromatic rings. The van der Waals surface area contributed by atoms with Crippen molar-refractivity contribution >= 4 is 11.8 Å². The van der Waals surface area contributed by atoms with Gasteiger partial charge in [-0.05, 0) is 48.9 Å². The highest BCUT2D eigenvalue weighted by Crippen LogP contribution is 2.51. The van der Waals surface area contributed by atoms with Crippen LogP contribution in [0.5, 0.6) is 5.75 Å². The minimum atomic E-state index is 0.259. The summed E-state index contributed by atoms with van der Waals surface area (Å²) in [5.74, 6) is 1.62. The number of nitrogens with one attached hydrogen (secondary N) is 2. The lowest BCUT2D eigenvalue weighted by Gasteiger charge is -2.20. The predicted octanol–water partition coefficient (Wildman–Crippen LogP) is 3.60. The maximum atomic E-state index is 5.17. The molecule has 2 atom stereocenters. The Kier molecular flexibility index (Phi) is 4.27. The van der Waals surface area contributed by atoms with E-state index in [0.29, 0.717) is 0 Å². The molecule has 1 heterocycles. The van der Waals surface area contributed by atoms with Crippen molar-refractivity contribution < 1.29 is 4.74 Å². The Hall–Kier alpha value is -1.39. The Balaban J connectivity index is 1.49. The predicted molar refractivity (Wildman–Crippen MR) is 88.9 cm³/mol. The van der Waals surface area contributed by atoms with Crippen molar-refractivity contribution in [3.05, 3.63) is 51.4 Å². The summed E-state index contributed by atoms with van der Waals surface area (Å²) in [6, 6.07) is 8.19. The van der Waals surface area contributed by atoms with Gasteiger partial charge in [0.25, 0.3) is 0 Å². The van der Waals surface area contributed by atoms with Gasteiger partial charge < -0.3 is 10.1 Å². The van der Waals surface area contributed by atoms with Crippen LogP contribution in [0.25, 0.3) is 0 Å². The second kappa shape index (κ2) is 6.16. The van der Waals surface area contributed by atoms with E-state index in [4.69, 9.17) is 4.74 Å². The topological polar surface area (TPSA) is 33.3 Å². The lowest BCUT2D eigenvalue weighted by molar-refractivity contribution is 0.414. The van der Waals surface area contributed by atoms with Crippen molar-refractivity contribution in [3.63, 3.8) is 0 Å². The molecule has 1 aliphatic carbocycles. The number of methoxy groups -OCH3 is 1. The van der Waals surface area contributed by atoms with E-state index < -0.39 is 0 Å². The number of benzene rings is 1. The lowest BCUT2D eigenvalue weighted by atomic mass is 10.2. The molecule has 0 amide bonds. The zero-order valence-corrected chi connectivity index (χ0v) is 13.6. The third-order valence-electron chi connectivity index (χ3n) is 4.01. The molecule has 1 fully saturated rings. The van der Waals surface area contributed by atoms with Crippen LogP contribution in [0.3, 0.4) is 0 Å². The van der Waals surface area contributed by atoms with Crippen LogP contribution in [0.15, 0.2) is 45.8 Å². The average molecular weight is 302 g/mol. The molecular weight excluding hydrogens is 280 g/mol. The molecule has 112 valence electrons. The molecule has 0 bridgehead atoms. The quantitative estimate of drug-likeness (QED) is 0.787. The van der Waals surface area contributed by atoms with E-state index >= 15 is 0 Å². The zero-order chi connectivity index (χ0) is 14.8. The summed E-state index contributed by atoms with van der Waals surface area (Å²) in [7, 11) is 1.69. The van der Waals surface area contributed by atoms with Gasteiger partial charge in [-0.1, -0.05) is 29.5 Å². The molecule has 4 heteroatoms. The first-order valence-corrected chi connectivity index (χ1v) is 8.24. The third-order valence-corrected chi connectivity index (χ3v) is 5.11. The summed E-state index contributed by atoms with van der Waals surface area (Å²) in [5.41, 5.74) is 4.36. The summed E-state index contributed by atoms with van der Waals surface area (Å²) in [5, 5.41) is 10.7. The minimum absolute atomic E-state index is 0.259. The van der Waals surface area contributed by atoms with E-state index in [2.05, 4.69) is 42.0 Å². The first kappa shape index (κ1) is 14.5. The standard InChI is InChI=1S/C17H22N2OS/c1-11-10-21-17(16-8-15(11)16)19-12(2)18-9-13-4-6-14(20-3)7-5-13/h4-7,10,12,15,18-19H,8-9H2,1-3H3. The van der Waals surface area contributed by atoms with E-state index in [1.807, 2.05) is 23.9 Å². The zero-order valence-electron chi connectivity index (χ0n) is 12.8. The van der Waals surface area contributed by atoms with Crippen molar-refractivity contribution in [2.24, 2.45) is 5.92 Å². The number of fused-ring (bicyclic) bond motifs is 1. The van der Waals surface area contributed by atoms with Crippen LogP contribution in [0.4, 0.5) is 0 Å². The fraction of sp³-hybridized carbons (Fsp3) is 0.412. The average Bonchev–Trinajstić information content (AvgIpc) is 3.30. The molecule has 0 radical (unpaired) electrons. The summed E-state index contributed by atoms with van der Waals surface area (Å²) >= 11 is 1.83. The molecule has 3 nitrogen and oxygen atoms in total. The molecule has 3 rings (SSSR count). The number of rotatable bonds is 6. The molecule has 21 heavy (non-hydrogen) atoms. The van der Waals surface area contributed by atoms with Gasteiger partial charge in [0.2, 0.25) is 0 Å².